The molecule has 0 bridgehead atoms. The second-order valence-corrected chi connectivity index (χ2v) is 15.3. The number of nitrogens with zero attached hydrogens (tertiary/aromatic N) is 1. The van der Waals surface area contributed by atoms with Crippen LogP contribution < -0.4 is 5.32 Å². The fourth-order valence-corrected chi connectivity index (χ4v) is 9.81. The summed E-state index contributed by atoms with van der Waals surface area (Å²) in [4.78, 5) is 0. The SMILES string of the molecule is CC1(n2c3c(c4c5oc6ccccc6c5cc(-c5ccc6sc7ccccc7c6c5)c42)CCC=C3)C=C(c2ccccc2)C=C(c2ccccc2)N1. The molecule has 0 saturated carbocycles. The van der Waals surface area contributed by atoms with Crippen LogP contribution in [0.5, 0.6) is 0 Å². The van der Waals surface area contributed by atoms with Gasteiger partial charge in [0.2, 0.25) is 0 Å². The highest BCUT2D eigenvalue weighted by molar-refractivity contribution is 7.25. The van der Waals surface area contributed by atoms with Crippen molar-refractivity contribution in [1.29, 1.82) is 0 Å². The van der Waals surface area contributed by atoms with Crippen LogP contribution in [0.4, 0.5) is 0 Å². The van der Waals surface area contributed by atoms with Gasteiger partial charge in [0, 0.05) is 53.3 Å². The van der Waals surface area contributed by atoms with Gasteiger partial charge in [0.05, 0.1) is 5.52 Å². The van der Waals surface area contributed by atoms with Crippen LogP contribution in [-0.4, -0.2) is 4.57 Å². The average Bonchev–Trinajstić information content (AvgIpc) is 3.88. The van der Waals surface area contributed by atoms with E-state index >= 15 is 0 Å². The molecular weight excluding hydrogens is 653 g/mol. The molecule has 1 aliphatic carbocycles. The molecule has 0 amide bonds. The van der Waals surface area contributed by atoms with Crippen LogP contribution in [0.3, 0.4) is 0 Å². The van der Waals surface area contributed by atoms with Crippen molar-refractivity contribution in [2.75, 3.05) is 0 Å². The van der Waals surface area contributed by atoms with E-state index in [-0.39, 0.29) is 0 Å². The normalized spacial score (nSPS) is 17.2. The van der Waals surface area contributed by atoms with Crippen molar-refractivity contribution >= 4 is 81.7 Å². The molecule has 1 N–H and O–H groups in total. The van der Waals surface area contributed by atoms with Gasteiger partial charge < -0.3 is 14.3 Å². The third kappa shape index (κ3) is 4.37. The molecule has 1 unspecified atom stereocenters. The van der Waals surface area contributed by atoms with Crippen molar-refractivity contribution in [3.63, 3.8) is 0 Å². The first kappa shape index (κ1) is 29.6. The van der Waals surface area contributed by atoms with E-state index < -0.39 is 5.66 Å². The molecule has 2 aliphatic rings. The Morgan fingerprint density at radius 2 is 1.42 bits per heavy atom. The topological polar surface area (TPSA) is 30.1 Å². The molecule has 1 atom stereocenters. The zero-order chi connectivity index (χ0) is 34.4. The summed E-state index contributed by atoms with van der Waals surface area (Å²) < 4.78 is 12.1. The van der Waals surface area contributed by atoms with Crippen LogP contribution in [0.2, 0.25) is 0 Å². The van der Waals surface area contributed by atoms with Gasteiger partial charge in [-0.3, -0.25) is 0 Å². The minimum absolute atomic E-state index is 0.633. The number of allylic oxidation sites excluding steroid dienone is 3. The second kappa shape index (κ2) is 11.2. The molecule has 0 spiro atoms. The summed E-state index contributed by atoms with van der Waals surface area (Å²) in [5, 5.41) is 10.2. The van der Waals surface area contributed by atoms with E-state index in [1.165, 1.54) is 64.6 Å². The van der Waals surface area contributed by atoms with Gasteiger partial charge in [0.1, 0.15) is 16.8 Å². The summed E-state index contributed by atoms with van der Waals surface area (Å²) in [5.74, 6) is 0. The van der Waals surface area contributed by atoms with Crippen molar-refractivity contribution in [1.82, 2.24) is 9.88 Å². The van der Waals surface area contributed by atoms with E-state index in [0.717, 1.165) is 46.0 Å². The molecule has 248 valence electrons. The maximum absolute atomic E-state index is 6.87. The summed E-state index contributed by atoms with van der Waals surface area (Å²) in [6.45, 7) is 2.33. The highest BCUT2D eigenvalue weighted by atomic mass is 32.1. The number of nitrogens with one attached hydrogen (secondary N) is 1. The maximum Gasteiger partial charge on any atom is 0.145 e. The Bertz CT molecular complexity index is 2990. The lowest BCUT2D eigenvalue weighted by atomic mass is 9.93. The van der Waals surface area contributed by atoms with Gasteiger partial charge in [-0.25, -0.2) is 0 Å². The van der Waals surface area contributed by atoms with Crippen LogP contribution in [-0.2, 0) is 12.1 Å². The van der Waals surface area contributed by atoms with Crippen LogP contribution >= 0.6 is 11.3 Å². The lowest BCUT2D eigenvalue weighted by molar-refractivity contribution is 0.378. The Balaban J connectivity index is 1.27. The van der Waals surface area contributed by atoms with Gasteiger partial charge in [-0.15, -0.1) is 11.3 Å². The molecule has 11 rings (SSSR count). The number of fused-ring (bicyclic) bond motifs is 10. The quantitative estimate of drug-likeness (QED) is 0.200. The Hall–Kier alpha value is -6.10. The third-order valence-corrected chi connectivity index (χ3v) is 12.2. The van der Waals surface area contributed by atoms with Crippen molar-refractivity contribution in [3.8, 4) is 11.1 Å². The van der Waals surface area contributed by atoms with Crippen LogP contribution in [0.1, 0.15) is 35.7 Å². The van der Waals surface area contributed by atoms with Gasteiger partial charge in [0.25, 0.3) is 0 Å². The molecule has 3 aromatic heterocycles. The largest absolute Gasteiger partial charge is 0.455 e. The minimum atomic E-state index is -0.633. The zero-order valence-corrected chi connectivity index (χ0v) is 29.5. The Morgan fingerprint density at radius 1 is 0.692 bits per heavy atom. The minimum Gasteiger partial charge on any atom is -0.455 e. The molecule has 9 aromatic rings. The summed E-state index contributed by atoms with van der Waals surface area (Å²) in [7, 11) is 0. The molecule has 0 saturated heterocycles. The molecule has 1 aliphatic heterocycles. The number of hydrogen-bond acceptors (Lipinski definition) is 3. The molecule has 4 heterocycles. The highest BCUT2D eigenvalue weighted by Crippen LogP contribution is 2.48. The van der Waals surface area contributed by atoms with Crippen LogP contribution in [0, 0.1) is 0 Å². The van der Waals surface area contributed by atoms with E-state index in [1.54, 1.807) is 0 Å². The number of thiophene rings is 1. The first-order chi connectivity index (χ1) is 25.6. The number of aromatic nitrogens is 1. The summed E-state index contributed by atoms with van der Waals surface area (Å²) >= 11 is 1.87. The monoisotopic (exact) mass is 686 g/mol. The number of furan rings is 1. The standard InChI is InChI=1S/C48H34N2OS/c1-48(29-33(30-14-4-2-5-15-30)27-40(49-48)31-16-6-3-7-17-31)50-41-21-11-8-20-36(41)45-46(50)37(28-39-34-18-9-12-22-42(34)51-47(39)45)32-24-25-44-38(26-32)35-19-10-13-23-43(35)52-44/h2-7,9-19,21-29,49H,8,20H2,1H3. The predicted molar refractivity (Wildman–Crippen MR) is 221 cm³/mol. The fourth-order valence-electron chi connectivity index (χ4n) is 8.73. The Labute approximate surface area is 305 Å². The van der Waals surface area contributed by atoms with Crippen LogP contribution in [0.25, 0.3) is 81.5 Å². The number of rotatable bonds is 4. The van der Waals surface area contributed by atoms with Crippen molar-refractivity contribution in [2.24, 2.45) is 0 Å². The number of hydrogen-bond donors (Lipinski definition) is 1. The molecular formula is C48H34N2OS. The summed E-state index contributed by atoms with van der Waals surface area (Å²) in [6, 6.07) is 48.2. The summed E-state index contributed by atoms with van der Waals surface area (Å²) in [5.41, 5.74) is 12.1. The van der Waals surface area contributed by atoms with Crippen LogP contribution in [0.15, 0.2) is 156 Å². The fraction of sp³-hybridized carbons (Fsp3) is 0.0833. The number of benzene rings is 6. The summed E-state index contributed by atoms with van der Waals surface area (Å²) in [6.07, 6.45) is 11.3. The molecule has 6 aromatic carbocycles. The van der Waals surface area contributed by atoms with Gasteiger partial charge in [-0.2, -0.15) is 0 Å². The number of dihydropyridines is 1. The highest BCUT2D eigenvalue weighted by Gasteiger charge is 2.36. The average molecular weight is 687 g/mol. The smallest absolute Gasteiger partial charge is 0.145 e. The molecule has 52 heavy (non-hydrogen) atoms. The van der Waals surface area contributed by atoms with Crippen molar-refractivity contribution < 1.29 is 4.42 Å². The second-order valence-electron chi connectivity index (χ2n) is 14.2. The van der Waals surface area contributed by atoms with Gasteiger partial charge >= 0.3 is 0 Å². The number of para-hydroxylation sites is 1. The van der Waals surface area contributed by atoms with Crippen molar-refractivity contribution in [2.45, 2.75) is 25.4 Å². The zero-order valence-electron chi connectivity index (χ0n) is 28.7. The third-order valence-electron chi connectivity index (χ3n) is 11.0. The predicted octanol–water partition coefficient (Wildman–Crippen LogP) is 12.9. The van der Waals surface area contributed by atoms with Gasteiger partial charge in [-0.05, 0) is 96.2 Å². The van der Waals surface area contributed by atoms with Crippen molar-refractivity contribution in [3.05, 3.63) is 174 Å². The molecule has 4 heteroatoms. The van der Waals surface area contributed by atoms with E-state index in [9.17, 15) is 0 Å². The maximum atomic E-state index is 6.87. The van der Waals surface area contributed by atoms with Gasteiger partial charge in [0.15, 0.2) is 0 Å². The van der Waals surface area contributed by atoms with E-state index in [4.69, 9.17) is 4.42 Å². The Morgan fingerprint density at radius 3 is 2.27 bits per heavy atom. The lowest BCUT2D eigenvalue weighted by Crippen LogP contribution is -2.44. The van der Waals surface area contributed by atoms with E-state index in [0.29, 0.717) is 0 Å². The molecule has 3 nitrogen and oxygen atoms in total. The molecule has 0 fully saturated rings. The molecule has 0 radical (unpaired) electrons. The Kier molecular flexibility index (Phi) is 6.38. The number of aryl methyl sites for hydroxylation is 1. The van der Waals surface area contributed by atoms with E-state index in [1.807, 2.05) is 11.3 Å². The first-order valence-electron chi connectivity index (χ1n) is 18.1. The lowest BCUT2D eigenvalue weighted by Gasteiger charge is -2.38. The van der Waals surface area contributed by atoms with Gasteiger partial charge in [-0.1, -0.05) is 109 Å². The first-order valence-corrected chi connectivity index (χ1v) is 18.9. The van der Waals surface area contributed by atoms with E-state index in [2.05, 4.69) is 175 Å².